The van der Waals surface area contributed by atoms with Gasteiger partial charge in [-0.3, -0.25) is 19.4 Å². The summed E-state index contributed by atoms with van der Waals surface area (Å²) in [6, 6.07) is -5.11. The first-order valence-electron chi connectivity index (χ1n) is 10.2. The van der Waals surface area contributed by atoms with Gasteiger partial charge >= 0.3 is 5.97 Å². The molecule has 0 aromatic carbocycles. The minimum Gasteiger partial charge on any atom is -0.480 e. The quantitative estimate of drug-likeness (QED) is 0.0569. The summed E-state index contributed by atoms with van der Waals surface area (Å²) in [5.74, 6) is -3.43. The Kier molecular flexibility index (Phi) is 14.8. The predicted octanol–water partition coefficient (Wildman–Crippen LogP) is -3.97. The fourth-order valence-electron chi connectivity index (χ4n) is 2.49. The average Bonchev–Trinajstić information content (AvgIpc) is 2.75. The van der Waals surface area contributed by atoms with Crippen LogP contribution in [0, 0.1) is 0 Å². The van der Waals surface area contributed by atoms with Gasteiger partial charge in [-0.15, -0.1) is 0 Å². The molecule has 12 N–H and O–H groups in total. The highest BCUT2D eigenvalue weighted by Gasteiger charge is 2.30. The van der Waals surface area contributed by atoms with E-state index in [2.05, 4.69) is 20.9 Å². The van der Waals surface area contributed by atoms with Gasteiger partial charge in [0.1, 0.15) is 24.2 Å². The number of carbonyl (C=O) groups excluding carboxylic acids is 3. The number of aliphatic imine (C=N–C) groups is 1. The highest BCUT2D eigenvalue weighted by molar-refractivity contribution is 7.98. The van der Waals surface area contributed by atoms with E-state index in [1.165, 1.54) is 18.7 Å². The van der Waals surface area contributed by atoms with Crippen LogP contribution in [0.25, 0.3) is 0 Å². The lowest BCUT2D eigenvalue weighted by molar-refractivity contribution is -0.142. The molecule has 0 spiro atoms. The summed E-state index contributed by atoms with van der Waals surface area (Å²) in [5.41, 5.74) is 16.0. The molecule has 5 unspecified atom stereocenters. The van der Waals surface area contributed by atoms with Gasteiger partial charge in [0.2, 0.25) is 17.7 Å². The third kappa shape index (κ3) is 12.3. The van der Waals surface area contributed by atoms with E-state index in [-0.39, 0.29) is 31.8 Å². The Labute approximate surface area is 196 Å². The number of hydrogen-bond donors (Lipinski definition) is 9. The van der Waals surface area contributed by atoms with E-state index in [0.29, 0.717) is 5.75 Å². The molecule has 0 bridgehead atoms. The van der Waals surface area contributed by atoms with Crippen molar-refractivity contribution in [2.75, 3.05) is 25.2 Å². The Balaban J connectivity index is 5.15. The molecule has 0 aliphatic carbocycles. The van der Waals surface area contributed by atoms with Crippen LogP contribution in [-0.4, -0.2) is 100 Å². The van der Waals surface area contributed by atoms with Gasteiger partial charge in [0.15, 0.2) is 5.96 Å². The maximum Gasteiger partial charge on any atom is 0.326 e. The molecular formula is C18H35N7O7S. The fourth-order valence-corrected chi connectivity index (χ4v) is 2.96. The molecule has 0 saturated heterocycles. The molecule has 190 valence electrons. The lowest BCUT2D eigenvalue weighted by Crippen LogP contribution is -2.59. The van der Waals surface area contributed by atoms with Crippen LogP contribution in [0.5, 0.6) is 0 Å². The van der Waals surface area contributed by atoms with E-state index in [9.17, 15) is 34.5 Å². The van der Waals surface area contributed by atoms with E-state index >= 15 is 0 Å². The van der Waals surface area contributed by atoms with Crippen LogP contribution in [0.15, 0.2) is 4.99 Å². The van der Waals surface area contributed by atoms with Crippen molar-refractivity contribution in [1.29, 1.82) is 0 Å². The normalized spacial score (nSPS) is 15.3. The number of aliphatic hydroxyl groups is 2. The van der Waals surface area contributed by atoms with Crippen LogP contribution in [0.3, 0.4) is 0 Å². The second-order valence-corrected chi connectivity index (χ2v) is 8.19. The number of nitrogens with zero attached hydrogens (tertiary/aromatic N) is 1. The van der Waals surface area contributed by atoms with Crippen molar-refractivity contribution in [2.24, 2.45) is 22.2 Å². The summed E-state index contributed by atoms with van der Waals surface area (Å²) in [6.07, 6.45) is 1.10. The first kappa shape index (κ1) is 30.4. The van der Waals surface area contributed by atoms with Crippen molar-refractivity contribution < 1.29 is 34.5 Å². The number of carboxylic acid groups (broad SMARTS) is 1. The Morgan fingerprint density at radius 1 is 0.970 bits per heavy atom. The van der Waals surface area contributed by atoms with E-state index in [0.717, 1.165) is 0 Å². The molecule has 0 aromatic heterocycles. The Hall–Kier alpha value is -2.62. The number of thioether (sulfide) groups is 1. The van der Waals surface area contributed by atoms with Crippen molar-refractivity contribution in [3.8, 4) is 0 Å². The lowest BCUT2D eigenvalue weighted by atomic mass is 10.1. The van der Waals surface area contributed by atoms with Gasteiger partial charge in [0, 0.05) is 6.54 Å². The number of rotatable bonds is 16. The molecule has 0 aliphatic heterocycles. The van der Waals surface area contributed by atoms with Crippen LogP contribution in [0.4, 0.5) is 0 Å². The number of guanidine groups is 1. The zero-order valence-corrected chi connectivity index (χ0v) is 19.5. The van der Waals surface area contributed by atoms with Crippen LogP contribution in [0.2, 0.25) is 0 Å². The predicted molar refractivity (Wildman–Crippen MR) is 123 cm³/mol. The van der Waals surface area contributed by atoms with Gasteiger partial charge in [-0.2, -0.15) is 11.8 Å². The second-order valence-electron chi connectivity index (χ2n) is 7.20. The molecule has 0 saturated carbocycles. The molecule has 5 atom stereocenters. The van der Waals surface area contributed by atoms with E-state index in [1.54, 1.807) is 6.26 Å². The molecule has 0 fully saturated rings. The van der Waals surface area contributed by atoms with Gasteiger partial charge < -0.3 is 48.5 Å². The second kappa shape index (κ2) is 16.1. The smallest absolute Gasteiger partial charge is 0.326 e. The first-order chi connectivity index (χ1) is 15.4. The highest BCUT2D eigenvalue weighted by Crippen LogP contribution is 2.04. The molecule has 0 heterocycles. The van der Waals surface area contributed by atoms with Gasteiger partial charge in [0.25, 0.3) is 0 Å². The van der Waals surface area contributed by atoms with Gasteiger partial charge in [-0.05, 0) is 38.2 Å². The third-order valence-electron chi connectivity index (χ3n) is 4.44. The maximum absolute atomic E-state index is 12.7. The fraction of sp³-hybridized carbons (Fsp3) is 0.722. The van der Waals surface area contributed by atoms with Crippen LogP contribution in [-0.2, 0) is 19.2 Å². The number of amides is 3. The minimum absolute atomic E-state index is 0.00753. The summed E-state index contributed by atoms with van der Waals surface area (Å²) in [5, 5.41) is 35.3. The number of aliphatic carboxylic acids is 1. The summed E-state index contributed by atoms with van der Waals surface area (Å²) in [4.78, 5) is 52.4. The maximum atomic E-state index is 12.7. The number of aliphatic hydroxyl groups excluding tert-OH is 2. The monoisotopic (exact) mass is 493 g/mol. The molecule has 0 aliphatic rings. The molecular weight excluding hydrogens is 458 g/mol. The number of nitrogens with two attached hydrogens (primary N) is 3. The van der Waals surface area contributed by atoms with Gasteiger partial charge in [-0.25, -0.2) is 4.79 Å². The molecule has 15 heteroatoms. The zero-order valence-electron chi connectivity index (χ0n) is 18.7. The molecule has 33 heavy (non-hydrogen) atoms. The van der Waals surface area contributed by atoms with Crippen molar-refractivity contribution >= 4 is 41.4 Å². The molecule has 0 radical (unpaired) electrons. The number of nitrogens with one attached hydrogen (secondary N) is 3. The molecule has 14 nitrogen and oxygen atoms in total. The van der Waals surface area contributed by atoms with Crippen molar-refractivity contribution in [1.82, 2.24) is 16.0 Å². The summed E-state index contributed by atoms with van der Waals surface area (Å²) < 4.78 is 0. The minimum atomic E-state index is -1.46. The molecule has 0 rings (SSSR count). The van der Waals surface area contributed by atoms with Crippen molar-refractivity contribution in [3.63, 3.8) is 0 Å². The standard InChI is InChI=1S/C18H35N7O7S/c1-9(27)13(19)16(30)23-10(5-7-33-2)14(28)25-12(8-26)15(29)24-11(17(31)32)4-3-6-22-18(20)21/h9-13,26-27H,3-8,19H2,1-2H3,(H,23,30)(H,24,29)(H,25,28)(H,31,32)(H4,20,21,22). The Bertz CT molecular complexity index is 689. The van der Waals surface area contributed by atoms with Crippen LogP contribution < -0.4 is 33.2 Å². The average molecular weight is 494 g/mol. The topological polar surface area (TPSA) is 255 Å². The molecule has 0 aromatic rings. The third-order valence-corrected chi connectivity index (χ3v) is 5.09. The van der Waals surface area contributed by atoms with Crippen molar-refractivity contribution in [3.05, 3.63) is 0 Å². The Morgan fingerprint density at radius 2 is 1.52 bits per heavy atom. The van der Waals surface area contributed by atoms with E-state index < -0.39 is 60.6 Å². The van der Waals surface area contributed by atoms with Gasteiger partial charge in [-0.1, -0.05) is 0 Å². The van der Waals surface area contributed by atoms with Gasteiger partial charge in [0.05, 0.1) is 12.7 Å². The largest absolute Gasteiger partial charge is 0.480 e. The summed E-state index contributed by atoms with van der Waals surface area (Å²) in [7, 11) is 0. The summed E-state index contributed by atoms with van der Waals surface area (Å²) in [6.45, 7) is 0.672. The van der Waals surface area contributed by atoms with E-state index in [1.807, 2.05) is 0 Å². The number of carboxylic acids is 1. The zero-order chi connectivity index (χ0) is 25.6. The first-order valence-corrected chi connectivity index (χ1v) is 11.6. The number of hydrogen-bond acceptors (Lipinski definition) is 9. The Morgan fingerprint density at radius 3 is 2.00 bits per heavy atom. The highest BCUT2D eigenvalue weighted by atomic mass is 32.2. The number of carbonyl (C=O) groups is 4. The summed E-state index contributed by atoms with van der Waals surface area (Å²) >= 11 is 1.41. The van der Waals surface area contributed by atoms with Crippen LogP contribution >= 0.6 is 11.8 Å². The SMILES string of the molecule is CSCCC(NC(=O)C(N)C(C)O)C(=O)NC(CO)C(=O)NC(CCCN=C(N)N)C(=O)O. The molecule has 3 amide bonds. The lowest BCUT2D eigenvalue weighted by Gasteiger charge is -2.24. The van der Waals surface area contributed by atoms with Crippen LogP contribution in [0.1, 0.15) is 26.2 Å². The van der Waals surface area contributed by atoms with E-state index in [4.69, 9.17) is 17.2 Å². The van der Waals surface area contributed by atoms with Crippen molar-refractivity contribution in [2.45, 2.75) is 56.5 Å².